The van der Waals surface area contributed by atoms with Crippen LogP contribution >= 0.6 is 23.2 Å². The molecule has 0 radical (unpaired) electrons. The van der Waals surface area contributed by atoms with Crippen LogP contribution in [0.5, 0.6) is 0 Å². The third-order valence-corrected chi connectivity index (χ3v) is 2.61. The third-order valence-electron chi connectivity index (χ3n) is 1.95. The number of benzene rings is 1. The van der Waals surface area contributed by atoms with Gasteiger partial charge < -0.3 is 9.84 Å². The van der Waals surface area contributed by atoms with Crippen molar-refractivity contribution in [2.24, 2.45) is 0 Å². The molecule has 0 spiro atoms. The molecule has 1 unspecified atom stereocenters. The van der Waals surface area contributed by atoms with Gasteiger partial charge in [-0.25, -0.2) is 4.79 Å². The zero-order valence-corrected chi connectivity index (χ0v) is 16.8. The third kappa shape index (κ3) is 7.43. The van der Waals surface area contributed by atoms with Crippen LogP contribution in [-0.4, -0.2) is 17.6 Å². The van der Waals surface area contributed by atoms with Gasteiger partial charge in [0.1, 0.15) is 0 Å². The SMILES string of the molecule is CC(C)(C)[O-].O=C1NC(=O)C(c2c(Cl)cccc2Cl)O1.[K+]. The quantitative estimate of drug-likeness (QED) is 0.684. The Morgan fingerprint density at radius 3 is 1.95 bits per heavy atom. The molecule has 0 bridgehead atoms. The summed E-state index contributed by atoms with van der Waals surface area (Å²) < 4.78 is 4.75. The summed E-state index contributed by atoms with van der Waals surface area (Å²) in [6, 6.07) is 4.78. The number of hydrogen-bond acceptors (Lipinski definition) is 4. The van der Waals surface area contributed by atoms with E-state index in [4.69, 9.17) is 27.9 Å². The van der Waals surface area contributed by atoms with Crippen LogP contribution in [-0.2, 0) is 9.53 Å². The van der Waals surface area contributed by atoms with Crippen molar-refractivity contribution < 1.29 is 70.8 Å². The number of carbonyl (C=O) groups excluding carboxylic acids is 2. The Morgan fingerprint density at radius 2 is 1.62 bits per heavy atom. The molecule has 1 heterocycles. The smallest absolute Gasteiger partial charge is 0.850 e. The molecule has 1 aromatic carbocycles. The van der Waals surface area contributed by atoms with Crippen LogP contribution in [0.2, 0.25) is 10.0 Å². The van der Waals surface area contributed by atoms with Gasteiger partial charge >= 0.3 is 57.5 Å². The van der Waals surface area contributed by atoms with Gasteiger partial charge in [-0.2, -0.15) is 0 Å². The number of imide groups is 1. The van der Waals surface area contributed by atoms with E-state index in [9.17, 15) is 14.7 Å². The number of ether oxygens (including phenoxy) is 1. The van der Waals surface area contributed by atoms with E-state index in [1.165, 1.54) is 0 Å². The minimum absolute atomic E-state index is 0. The van der Waals surface area contributed by atoms with Gasteiger partial charge in [-0.15, -0.1) is 5.60 Å². The predicted molar refractivity (Wildman–Crippen MR) is 73.6 cm³/mol. The van der Waals surface area contributed by atoms with Crippen molar-refractivity contribution in [3.63, 3.8) is 0 Å². The first-order valence-electron chi connectivity index (χ1n) is 5.75. The van der Waals surface area contributed by atoms with Crippen LogP contribution in [0.4, 0.5) is 4.79 Å². The topological polar surface area (TPSA) is 78.5 Å². The molecule has 8 heteroatoms. The van der Waals surface area contributed by atoms with E-state index in [1.54, 1.807) is 39.0 Å². The van der Waals surface area contributed by atoms with Crippen molar-refractivity contribution in [2.45, 2.75) is 32.5 Å². The zero-order valence-electron chi connectivity index (χ0n) is 12.2. The van der Waals surface area contributed by atoms with Crippen molar-refractivity contribution in [2.75, 3.05) is 0 Å². The van der Waals surface area contributed by atoms with Gasteiger partial charge in [-0.3, -0.25) is 10.1 Å². The monoisotopic (exact) mass is 357 g/mol. The number of hydrogen-bond donors (Lipinski definition) is 1. The standard InChI is InChI=1S/C9H5Cl2NO3.C4H9O.K/c10-4-2-1-3-5(11)6(4)7-8(13)12-9(14)15-7;1-4(2,3)5;/h1-3,7H,(H,12,13,14);1-3H3;/q;-1;+1. The summed E-state index contributed by atoms with van der Waals surface area (Å²) >= 11 is 11.7. The number of rotatable bonds is 1. The molecule has 0 aromatic heterocycles. The Labute approximate surface area is 175 Å². The van der Waals surface area contributed by atoms with E-state index in [2.05, 4.69) is 0 Å². The van der Waals surface area contributed by atoms with E-state index in [0.29, 0.717) is 5.56 Å². The Bertz CT molecular complexity index is 505. The molecule has 2 amide bonds. The van der Waals surface area contributed by atoms with Crippen molar-refractivity contribution in [3.8, 4) is 0 Å². The maximum atomic E-state index is 11.3. The molecule has 1 N–H and O–H groups in total. The number of nitrogens with one attached hydrogen (secondary N) is 1. The summed E-state index contributed by atoms with van der Waals surface area (Å²) in [4.78, 5) is 22.1. The molecule has 1 aromatic rings. The number of amides is 2. The predicted octanol–water partition coefficient (Wildman–Crippen LogP) is -0.550. The van der Waals surface area contributed by atoms with Gasteiger partial charge in [0, 0.05) is 15.6 Å². The second-order valence-electron chi connectivity index (χ2n) is 5.02. The first-order valence-corrected chi connectivity index (χ1v) is 6.51. The van der Waals surface area contributed by atoms with Crippen LogP contribution in [0.3, 0.4) is 0 Å². The number of halogens is 2. The van der Waals surface area contributed by atoms with Gasteiger partial charge in [0.05, 0.1) is 0 Å². The Morgan fingerprint density at radius 1 is 1.19 bits per heavy atom. The molecule has 21 heavy (non-hydrogen) atoms. The Kier molecular flexibility index (Phi) is 8.98. The molecule has 0 saturated carbocycles. The van der Waals surface area contributed by atoms with E-state index < -0.39 is 23.7 Å². The van der Waals surface area contributed by atoms with Gasteiger partial charge in [0.25, 0.3) is 5.91 Å². The Balaban J connectivity index is 0.000000583. The molecular formula is C13H14Cl2KNO4. The van der Waals surface area contributed by atoms with Crippen LogP contribution in [0.15, 0.2) is 18.2 Å². The van der Waals surface area contributed by atoms with Crippen LogP contribution < -0.4 is 61.8 Å². The van der Waals surface area contributed by atoms with Gasteiger partial charge in [-0.05, 0) is 12.1 Å². The maximum absolute atomic E-state index is 11.3. The molecule has 1 aliphatic heterocycles. The molecule has 110 valence electrons. The van der Waals surface area contributed by atoms with E-state index >= 15 is 0 Å². The summed E-state index contributed by atoms with van der Waals surface area (Å²) in [6.07, 6.45) is -1.85. The fourth-order valence-corrected chi connectivity index (χ4v) is 1.90. The summed E-state index contributed by atoms with van der Waals surface area (Å²) in [5.74, 6) is -0.560. The van der Waals surface area contributed by atoms with Crippen LogP contribution in [0.25, 0.3) is 0 Å². The zero-order chi connectivity index (χ0) is 15.5. The van der Waals surface area contributed by atoms with Crippen LogP contribution in [0.1, 0.15) is 32.4 Å². The average molecular weight is 358 g/mol. The van der Waals surface area contributed by atoms with Crippen molar-refractivity contribution in [3.05, 3.63) is 33.8 Å². The minimum Gasteiger partial charge on any atom is -0.850 e. The summed E-state index contributed by atoms with van der Waals surface area (Å²) in [5, 5.41) is 12.7. The van der Waals surface area contributed by atoms with Crippen molar-refractivity contribution in [1.29, 1.82) is 0 Å². The second-order valence-corrected chi connectivity index (χ2v) is 5.84. The first kappa shape index (κ1) is 21.3. The van der Waals surface area contributed by atoms with E-state index in [0.717, 1.165) is 0 Å². The summed E-state index contributed by atoms with van der Waals surface area (Å²) in [7, 11) is 0. The minimum atomic E-state index is -1.06. The molecule has 1 saturated heterocycles. The number of alkyl carbamates (subject to hydrolysis) is 1. The molecule has 0 aliphatic carbocycles. The molecule has 1 atom stereocenters. The van der Waals surface area contributed by atoms with Gasteiger partial charge in [0.2, 0.25) is 6.10 Å². The van der Waals surface area contributed by atoms with Gasteiger partial charge in [0.15, 0.2) is 0 Å². The molecule has 5 nitrogen and oxygen atoms in total. The average Bonchev–Trinajstić information content (AvgIpc) is 2.55. The largest absolute Gasteiger partial charge is 1.00 e. The number of carbonyl (C=O) groups is 2. The first-order chi connectivity index (χ1) is 9.09. The fraction of sp³-hybridized carbons (Fsp3) is 0.385. The van der Waals surface area contributed by atoms with Crippen LogP contribution in [0, 0.1) is 0 Å². The summed E-state index contributed by atoms with van der Waals surface area (Å²) in [5.41, 5.74) is -0.441. The normalized spacial score (nSPS) is 17.1. The van der Waals surface area contributed by atoms with E-state index in [-0.39, 0.29) is 61.4 Å². The summed E-state index contributed by atoms with van der Waals surface area (Å²) in [6.45, 7) is 4.90. The van der Waals surface area contributed by atoms with Crippen molar-refractivity contribution >= 4 is 35.2 Å². The molecule has 1 aliphatic rings. The molecule has 1 fully saturated rings. The second kappa shape index (κ2) is 8.84. The molecule has 2 rings (SSSR count). The van der Waals surface area contributed by atoms with Crippen molar-refractivity contribution in [1.82, 2.24) is 5.32 Å². The maximum Gasteiger partial charge on any atom is 1.00 e. The molecular weight excluding hydrogens is 344 g/mol. The fourth-order valence-electron chi connectivity index (χ4n) is 1.31. The number of cyclic esters (lactones) is 1. The van der Waals surface area contributed by atoms with E-state index in [1.807, 2.05) is 5.32 Å². The van der Waals surface area contributed by atoms with Gasteiger partial charge in [-0.1, -0.05) is 50.0 Å². The Hall–Kier alpha value is 0.336.